The molecule has 0 saturated carbocycles. The zero-order valence-electron chi connectivity index (χ0n) is 16.1. The molecule has 0 spiro atoms. The van der Waals surface area contributed by atoms with Gasteiger partial charge in [0.05, 0.1) is 31.9 Å². The summed E-state index contributed by atoms with van der Waals surface area (Å²) in [7, 11) is 3.37. The van der Waals surface area contributed by atoms with Crippen LogP contribution < -0.4 is 9.47 Å². The lowest BCUT2D eigenvalue weighted by atomic mass is 9.99. The van der Waals surface area contributed by atoms with Gasteiger partial charge >= 0.3 is 0 Å². The summed E-state index contributed by atoms with van der Waals surface area (Å²) in [5, 5.41) is 0. The number of hydrogen-bond donors (Lipinski definition) is 0. The van der Waals surface area contributed by atoms with E-state index in [1.807, 2.05) is 0 Å². The predicted octanol–water partition coefficient (Wildman–Crippen LogP) is 4.23. The number of imidazole rings is 1. The summed E-state index contributed by atoms with van der Waals surface area (Å²) in [6, 6.07) is 12.7. The van der Waals surface area contributed by atoms with Crippen molar-refractivity contribution in [2.75, 3.05) is 20.8 Å². The first kappa shape index (κ1) is 18.1. The average molecular weight is 384 g/mol. The van der Waals surface area contributed by atoms with Crippen LogP contribution in [0.2, 0.25) is 0 Å². The highest BCUT2D eigenvalue weighted by molar-refractivity contribution is 7.71. The number of methoxy groups -OCH3 is 2. The van der Waals surface area contributed by atoms with Gasteiger partial charge in [-0.25, -0.2) is 0 Å². The van der Waals surface area contributed by atoms with Crippen molar-refractivity contribution < 1.29 is 9.47 Å². The van der Waals surface area contributed by atoms with E-state index in [2.05, 4.69) is 57.4 Å². The van der Waals surface area contributed by atoms with Gasteiger partial charge in [0.25, 0.3) is 0 Å². The largest absolute Gasteiger partial charge is 0.493 e. The zero-order chi connectivity index (χ0) is 19.0. The van der Waals surface area contributed by atoms with E-state index in [0.29, 0.717) is 0 Å². The Balaban J connectivity index is 1.65. The van der Waals surface area contributed by atoms with Gasteiger partial charge < -0.3 is 18.6 Å². The van der Waals surface area contributed by atoms with E-state index in [9.17, 15) is 0 Å². The van der Waals surface area contributed by atoms with Crippen LogP contribution in [0.25, 0.3) is 11.0 Å². The molecule has 4 rings (SSSR count). The first-order valence-electron chi connectivity index (χ1n) is 9.30. The van der Waals surface area contributed by atoms with E-state index >= 15 is 0 Å². The maximum atomic E-state index is 5.77. The summed E-state index contributed by atoms with van der Waals surface area (Å²) in [6.45, 7) is 5.69. The number of ether oxygens (including phenoxy) is 2. The summed E-state index contributed by atoms with van der Waals surface area (Å²) in [5.41, 5.74) is 5.03. The monoisotopic (exact) mass is 383 g/mol. The molecular formula is C21H25N3O2S. The van der Waals surface area contributed by atoms with E-state index in [1.165, 1.54) is 22.2 Å². The number of aryl methyl sites for hydroxylation is 1. The Morgan fingerprint density at radius 2 is 1.59 bits per heavy atom. The van der Waals surface area contributed by atoms with Crippen molar-refractivity contribution in [3.8, 4) is 11.5 Å². The summed E-state index contributed by atoms with van der Waals surface area (Å²) in [6.07, 6.45) is 0.995. The number of hydrogen-bond acceptors (Lipinski definition) is 4. The molecule has 27 heavy (non-hydrogen) atoms. The topological polar surface area (TPSA) is 31.6 Å². The van der Waals surface area contributed by atoms with Gasteiger partial charge in [0, 0.05) is 19.6 Å². The van der Waals surface area contributed by atoms with Gasteiger partial charge in [-0.3, -0.25) is 4.90 Å². The highest BCUT2D eigenvalue weighted by Crippen LogP contribution is 2.33. The lowest BCUT2D eigenvalue weighted by Crippen LogP contribution is -2.32. The lowest BCUT2D eigenvalue weighted by Gasteiger charge is -2.30. The first-order valence-corrected chi connectivity index (χ1v) is 9.71. The second-order valence-electron chi connectivity index (χ2n) is 6.86. The van der Waals surface area contributed by atoms with Crippen molar-refractivity contribution in [3.63, 3.8) is 0 Å². The van der Waals surface area contributed by atoms with E-state index in [0.717, 1.165) is 49.0 Å². The van der Waals surface area contributed by atoms with Crippen LogP contribution in [0.1, 0.15) is 18.1 Å². The molecule has 1 aliphatic heterocycles. The molecule has 2 aromatic carbocycles. The zero-order valence-corrected chi connectivity index (χ0v) is 16.9. The second-order valence-corrected chi connectivity index (χ2v) is 7.23. The maximum absolute atomic E-state index is 5.77. The fourth-order valence-corrected chi connectivity index (χ4v) is 4.36. The fourth-order valence-electron chi connectivity index (χ4n) is 3.98. The van der Waals surface area contributed by atoms with Crippen molar-refractivity contribution in [3.05, 3.63) is 52.3 Å². The van der Waals surface area contributed by atoms with Crippen molar-refractivity contribution >= 4 is 23.3 Å². The number of fused-ring (bicyclic) bond motifs is 2. The minimum atomic E-state index is 0.789. The Hall–Kier alpha value is -2.31. The number of benzene rings is 2. The molecule has 5 nitrogen and oxygen atoms in total. The second kappa shape index (κ2) is 7.37. The van der Waals surface area contributed by atoms with Gasteiger partial charge in [-0.2, -0.15) is 0 Å². The summed E-state index contributed by atoms with van der Waals surface area (Å²) >= 11 is 5.77. The van der Waals surface area contributed by atoms with Crippen molar-refractivity contribution in [2.24, 2.45) is 0 Å². The van der Waals surface area contributed by atoms with Crippen LogP contribution in [-0.4, -0.2) is 34.8 Å². The molecule has 0 saturated heterocycles. The number of rotatable bonds is 5. The van der Waals surface area contributed by atoms with Gasteiger partial charge in [0.2, 0.25) is 0 Å². The number of para-hydroxylation sites is 2. The third-order valence-electron chi connectivity index (χ3n) is 5.38. The molecule has 1 aliphatic rings. The minimum Gasteiger partial charge on any atom is -0.493 e. The molecule has 0 fully saturated rings. The van der Waals surface area contributed by atoms with Gasteiger partial charge in [-0.1, -0.05) is 12.1 Å². The highest BCUT2D eigenvalue weighted by atomic mass is 32.1. The van der Waals surface area contributed by atoms with Gasteiger partial charge in [-0.15, -0.1) is 0 Å². The SMILES string of the molecule is CCn1c(=S)n(CN2CCc3cc(OC)c(OC)cc3C2)c2ccccc21. The van der Waals surface area contributed by atoms with E-state index in [1.54, 1.807) is 14.2 Å². The highest BCUT2D eigenvalue weighted by Gasteiger charge is 2.21. The Morgan fingerprint density at radius 3 is 2.22 bits per heavy atom. The Kier molecular flexibility index (Phi) is 4.93. The molecule has 2 heterocycles. The predicted molar refractivity (Wildman–Crippen MR) is 110 cm³/mol. The minimum absolute atomic E-state index is 0.789. The van der Waals surface area contributed by atoms with Crippen LogP contribution in [0.5, 0.6) is 11.5 Å². The molecule has 0 aliphatic carbocycles. The van der Waals surface area contributed by atoms with Crippen LogP contribution in [-0.2, 0) is 26.2 Å². The molecule has 0 radical (unpaired) electrons. The molecule has 3 aromatic rings. The smallest absolute Gasteiger partial charge is 0.181 e. The standard InChI is InChI=1S/C21H25N3O2S/c1-4-23-17-7-5-6-8-18(17)24(21(23)27)14-22-10-9-15-11-19(25-2)20(26-3)12-16(15)13-22/h5-8,11-12H,4,9-10,13-14H2,1-3H3. The van der Waals surface area contributed by atoms with Crippen molar-refractivity contribution in [1.29, 1.82) is 0 Å². The normalized spacial score (nSPS) is 14.3. The van der Waals surface area contributed by atoms with Crippen LogP contribution >= 0.6 is 12.2 Å². The third kappa shape index (κ3) is 3.13. The molecule has 6 heteroatoms. The molecule has 0 N–H and O–H groups in total. The van der Waals surface area contributed by atoms with Crippen LogP contribution in [0.15, 0.2) is 36.4 Å². The van der Waals surface area contributed by atoms with Gasteiger partial charge in [0.1, 0.15) is 0 Å². The van der Waals surface area contributed by atoms with E-state index in [4.69, 9.17) is 21.7 Å². The van der Waals surface area contributed by atoms with Gasteiger partial charge in [-0.05, 0) is 61.0 Å². The molecule has 0 unspecified atom stereocenters. The Labute approximate surface area is 164 Å². The summed E-state index contributed by atoms with van der Waals surface area (Å²) < 4.78 is 16.3. The fraction of sp³-hybridized carbons (Fsp3) is 0.381. The maximum Gasteiger partial charge on any atom is 0.181 e. The Morgan fingerprint density at radius 1 is 0.963 bits per heavy atom. The quantitative estimate of drug-likeness (QED) is 0.617. The lowest BCUT2D eigenvalue weighted by molar-refractivity contribution is 0.200. The molecule has 0 bridgehead atoms. The molecule has 0 amide bonds. The van der Waals surface area contributed by atoms with E-state index in [-0.39, 0.29) is 0 Å². The molecule has 142 valence electrons. The van der Waals surface area contributed by atoms with Crippen LogP contribution in [0, 0.1) is 4.77 Å². The third-order valence-corrected chi connectivity index (χ3v) is 5.82. The summed E-state index contributed by atoms with van der Waals surface area (Å²) in [5.74, 6) is 1.59. The van der Waals surface area contributed by atoms with Crippen LogP contribution in [0.3, 0.4) is 0 Å². The number of nitrogens with zero attached hydrogens (tertiary/aromatic N) is 3. The molecule has 1 aromatic heterocycles. The van der Waals surface area contributed by atoms with Crippen LogP contribution in [0.4, 0.5) is 0 Å². The van der Waals surface area contributed by atoms with Crippen molar-refractivity contribution in [1.82, 2.24) is 14.0 Å². The number of aromatic nitrogens is 2. The summed E-state index contributed by atoms with van der Waals surface area (Å²) in [4.78, 5) is 2.44. The Bertz CT molecular complexity index is 1040. The molecular weight excluding hydrogens is 358 g/mol. The molecule has 0 atom stereocenters. The first-order chi connectivity index (χ1) is 13.2. The van der Waals surface area contributed by atoms with Gasteiger partial charge in [0.15, 0.2) is 16.3 Å². The van der Waals surface area contributed by atoms with E-state index < -0.39 is 0 Å². The van der Waals surface area contributed by atoms with Crippen molar-refractivity contribution in [2.45, 2.75) is 33.1 Å². The average Bonchev–Trinajstić information content (AvgIpc) is 2.97.